The molecule has 0 bridgehead atoms. The van der Waals surface area contributed by atoms with Crippen molar-refractivity contribution in [3.05, 3.63) is 65.7 Å². The van der Waals surface area contributed by atoms with Gasteiger partial charge < -0.3 is 4.74 Å². The fourth-order valence-electron chi connectivity index (χ4n) is 3.12. The highest BCUT2D eigenvalue weighted by atomic mass is 32.2. The molecule has 0 N–H and O–H groups in total. The van der Waals surface area contributed by atoms with Gasteiger partial charge in [0, 0.05) is 6.42 Å². The summed E-state index contributed by atoms with van der Waals surface area (Å²) >= 11 is 0. The third-order valence-electron chi connectivity index (χ3n) is 4.64. The van der Waals surface area contributed by atoms with Crippen LogP contribution in [0.1, 0.15) is 30.4 Å². The number of hydrogen-bond acceptors (Lipinski definition) is 4. The molecule has 1 fully saturated rings. The third-order valence-corrected chi connectivity index (χ3v) is 6.50. The summed E-state index contributed by atoms with van der Waals surface area (Å²) in [5, 5.41) is 0. The lowest BCUT2D eigenvalue weighted by molar-refractivity contribution is -0.129. The normalized spacial score (nSPS) is 18.1. The molecule has 1 saturated heterocycles. The quantitative estimate of drug-likeness (QED) is 0.786. The van der Waals surface area contributed by atoms with Crippen LogP contribution in [0.15, 0.2) is 59.5 Å². The molecule has 2 aromatic rings. The van der Waals surface area contributed by atoms with Crippen molar-refractivity contribution in [1.82, 2.24) is 4.31 Å². The van der Waals surface area contributed by atoms with Gasteiger partial charge in [-0.1, -0.05) is 42.0 Å². The van der Waals surface area contributed by atoms with Crippen molar-refractivity contribution in [3.8, 4) is 5.75 Å². The minimum Gasteiger partial charge on any atom is -0.497 e. The SMILES string of the molecule is COc1ccc(/C=C/C2CCCC(=O)N2S(=O)(=O)c2ccc(C)cc2)cc1. The number of benzene rings is 2. The number of carbonyl (C=O) groups excluding carboxylic acids is 1. The van der Waals surface area contributed by atoms with Crippen molar-refractivity contribution in [2.75, 3.05) is 7.11 Å². The van der Waals surface area contributed by atoms with Crippen LogP contribution >= 0.6 is 0 Å². The Morgan fingerprint density at radius 3 is 2.37 bits per heavy atom. The second kappa shape index (κ2) is 7.96. The first-order valence-corrected chi connectivity index (χ1v) is 10.3. The van der Waals surface area contributed by atoms with Crippen LogP contribution in [0.5, 0.6) is 5.75 Å². The average Bonchev–Trinajstić information content (AvgIpc) is 2.67. The summed E-state index contributed by atoms with van der Waals surface area (Å²) in [7, 11) is -2.28. The summed E-state index contributed by atoms with van der Waals surface area (Å²) in [5.74, 6) is 0.398. The Bertz CT molecular complexity index is 931. The summed E-state index contributed by atoms with van der Waals surface area (Å²) in [4.78, 5) is 12.6. The fourth-order valence-corrected chi connectivity index (χ4v) is 4.72. The Labute approximate surface area is 160 Å². The molecular weight excluding hydrogens is 362 g/mol. The van der Waals surface area contributed by atoms with Gasteiger partial charge >= 0.3 is 0 Å². The van der Waals surface area contributed by atoms with Gasteiger partial charge in [0.2, 0.25) is 5.91 Å². The average molecular weight is 385 g/mol. The van der Waals surface area contributed by atoms with Crippen LogP contribution < -0.4 is 4.74 Å². The zero-order chi connectivity index (χ0) is 19.4. The molecule has 1 amide bonds. The number of carbonyl (C=O) groups is 1. The molecule has 0 spiro atoms. The largest absolute Gasteiger partial charge is 0.497 e. The standard InChI is InChI=1S/C21H23NO4S/c1-16-6-14-20(15-7-16)27(24,25)22-18(4-3-5-21(22)23)11-8-17-9-12-19(26-2)13-10-17/h6-15,18H,3-5H2,1-2H3/b11-8+. The molecule has 0 radical (unpaired) electrons. The molecule has 5 nitrogen and oxygen atoms in total. The first-order chi connectivity index (χ1) is 12.9. The predicted molar refractivity (Wildman–Crippen MR) is 105 cm³/mol. The van der Waals surface area contributed by atoms with E-state index in [1.54, 1.807) is 37.5 Å². The molecule has 1 aliphatic rings. The Hall–Kier alpha value is -2.60. The lowest BCUT2D eigenvalue weighted by Crippen LogP contribution is -2.46. The number of amides is 1. The summed E-state index contributed by atoms with van der Waals surface area (Å²) in [6, 6.07) is 13.6. The van der Waals surface area contributed by atoms with E-state index in [0.717, 1.165) is 21.2 Å². The molecule has 1 heterocycles. The zero-order valence-electron chi connectivity index (χ0n) is 15.5. The van der Waals surface area contributed by atoms with Crippen LogP contribution in [0.2, 0.25) is 0 Å². The number of hydrogen-bond donors (Lipinski definition) is 0. The van der Waals surface area contributed by atoms with E-state index >= 15 is 0 Å². The summed E-state index contributed by atoms with van der Waals surface area (Å²) in [6.45, 7) is 1.89. The molecule has 142 valence electrons. The molecule has 0 saturated carbocycles. The number of nitrogens with zero attached hydrogens (tertiary/aromatic N) is 1. The smallest absolute Gasteiger partial charge is 0.267 e. The van der Waals surface area contributed by atoms with Crippen molar-refractivity contribution in [2.45, 2.75) is 37.1 Å². The van der Waals surface area contributed by atoms with E-state index in [0.29, 0.717) is 12.8 Å². The molecule has 0 aliphatic carbocycles. The van der Waals surface area contributed by atoms with Gasteiger partial charge in [-0.2, -0.15) is 0 Å². The van der Waals surface area contributed by atoms with Gasteiger partial charge in [0.15, 0.2) is 0 Å². The highest BCUT2D eigenvalue weighted by Gasteiger charge is 2.36. The Morgan fingerprint density at radius 1 is 1.07 bits per heavy atom. The first kappa shape index (κ1) is 19.2. The number of aryl methyl sites for hydroxylation is 1. The van der Waals surface area contributed by atoms with Gasteiger partial charge in [-0.15, -0.1) is 0 Å². The Balaban J connectivity index is 1.89. The van der Waals surface area contributed by atoms with E-state index in [1.807, 2.05) is 37.3 Å². The van der Waals surface area contributed by atoms with Crippen LogP contribution in [-0.2, 0) is 14.8 Å². The van der Waals surface area contributed by atoms with Gasteiger partial charge in [0.1, 0.15) is 5.75 Å². The van der Waals surface area contributed by atoms with Gasteiger partial charge in [-0.05, 0) is 49.6 Å². The number of piperidine rings is 1. The van der Waals surface area contributed by atoms with E-state index in [2.05, 4.69) is 0 Å². The Kier molecular flexibility index (Phi) is 5.65. The van der Waals surface area contributed by atoms with Crippen LogP contribution in [0.4, 0.5) is 0 Å². The van der Waals surface area contributed by atoms with Crippen molar-refractivity contribution in [2.24, 2.45) is 0 Å². The second-order valence-corrected chi connectivity index (χ2v) is 8.41. The van der Waals surface area contributed by atoms with Gasteiger partial charge in [-0.25, -0.2) is 12.7 Å². The highest BCUT2D eigenvalue weighted by molar-refractivity contribution is 7.89. The number of rotatable bonds is 5. The predicted octanol–water partition coefficient (Wildman–Crippen LogP) is 3.79. The third kappa shape index (κ3) is 4.22. The number of sulfonamides is 1. The maximum absolute atomic E-state index is 13.1. The van der Waals surface area contributed by atoms with Gasteiger partial charge in [0.05, 0.1) is 18.0 Å². The molecule has 1 atom stereocenters. The molecule has 1 aliphatic heterocycles. The van der Waals surface area contributed by atoms with E-state index in [-0.39, 0.29) is 17.2 Å². The lowest BCUT2D eigenvalue weighted by atomic mass is 10.0. The molecule has 2 aromatic carbocycles. The van der Waals surface area contributed by atoms with E-state index in [1.165, 1.54) is 0 Å². The second-order valence-electron chi connectivity index (χ2n) is 6.60. The van der Waals surface area contributed by atoms with E-state index in [9.17, 15) is 13.2 Å². The maximum atomic E-state index is 13.1. The molecule has 6 heteroatoms. The first-order valence-electron chi connectivity index (χ1n) is 8.88. The minimum atomic E-state index is -3.88. The molecule has 1 unspecified atom stereocenters. The molecule has 27 heavy (non-hydrogen) atoms. The van der Waals surface area contributed by atoms with Crippen molar-refractivity contribution >= 4 is 22.0 Å². The zero-order valence-corrected chi connectivity index (χ0v) is 16.3. The summed E-state index contributed by atoms with van der Waals surface area (Å²) in [6.07, 6.45) is 5.18. The Morgan fingerprint density at radius 2 is 1.74 bits per heavy atom. The topological polar surface area (TPSA) is 63.7 Å². The van der Waals surface area contributed by atoms with E-state index < -0.39 is 16.1 Å². The van der Waals surface area contributed by atoms with Gasteiger partial charge in [-0.3, -0.25) is 4.79 Å². The number of ether oxygens (including phenoxy) is 1. The van der Waals surface area contributed by atoms with Crippen LogP contribution in [0.25, 0.3) is 6.08 Å². The molecular formula is C21H23NO4S. The molecule has 3 rings (SSSR count). The fraction of sp³-hybridized carbons (Fsp3) is 0.286. The maximum Gasteiger partial charge on any atom is 0.267 e. The molecule has 0 aromatic heterocycles. The van der Waals surface area contributed by atoms with Crippen molar-refractivity contribution < 1.29 is 17.9 Å². The lowest BCUT2D eigenvalue weighted by Gasteiger charge is -2.33. The summed E-state index contributed by atoms with van der Waals surface area (Å²) in [5.41, 5.74) is 1.89. The van der Waals surface area contributed by atoms with E-state index in [4.69, 9.17) is 4.74 Å². The van der Waals surface area contributed by atoms with Crippen LogP contribution in [0.3, 0.4) is 0 Å². The highest BCUT2D eigenvalue weighted by Crippen LogP contribution is 2.28. The van der Waals surface area contributed by atoms with Gasteiger partial charge in [0.25, 0.3) is 10.0 Å². The minimum absolute atomic E-state index is 0.145. The van der Waals surface area contributed by atoms with Crippen molar-refractivity contribution in [3.63, 3.8) is 0 Å². The monoisotopic (exact) mass is 385 g/mol. The van der Waals surface area contributed by atoms with Crippen LogP contribution in [-0.4, -0.2) is 31.8 Å². The number of methoxy groups -OCH3 is 1. The van der Waals surface area contributed by atoms with Crippen LogP contribution in [0, 0.1) is 6.92 Å². The summed E-state index contributed by atoms with van der Waals surface area (Å²) < 4.78 is 32.3. The van der Waals surface area contributed by atoms with Crippen molar-refractivity contribution in [1.29, 1.82) is 0 Å².